The number of hydrogen-bond acceptors (Lipinski definition) is 2. The molecule has 5 aromatic rings. The molecule has 5 rings (SSSR count). The fourth-order valence-corrected chi connectivity index (χ4v) is 4.71. The molecule has 0 aliphatic carbocycles. The monoisotopic (exact) mass is 351 g/mol. The number of hydrogen-bond donors (Lipinski definition) is 0. The van der Waals surface area contributed by atoms with Gasteiger partial charge in [0.05, 0.1) is 5.69 Å². The van der Waals surface area contributed by atoms with Crippen molar-refractivity contribution in [3.63, 3.8) is 0 Å². The molecule has 0 N–H and O–H groups in total. The highest BCUT2D eigenvalue weighted by Gasteiger charge is 2.11. The first-order valence-corrected chi connectivity index (χ1v) is 9.55. The minimum absolute atomic E-state index is 1.03. The first-order valence-electron chi connectivity index (χ1n) is 8.73. The molecule has 2 heterocycles. The summed E-state index contributed by atoms with van der Waals surface area (Å²) in [5.74, 6) is 0. The lowest BCUT2D eigenvalue weighted by atomic mass is 10.0. The van der Waals surface area contributed by atoms with E-state index in [1.54, 1.807) is 0 Å². The van der Waals surface area contributed by atoms with Gasteiger partial charge in [-0.3, -0.25) is 4.98 Å². The van der Waals surface area contributed by atoms with Gasteiger partial charge < -0.3 is 0 Å². The summed E-state index contributed by atoms with van der Waals surface area (Å²) < 4.78 is 2.63. The zero-order valence-electron chi connectivity index (χ0n) is 14.4. The van der Waals surface area contributed by atoms with Gasteiger partial charge in [-0.25, -0.2) is 0 Å². The molecule has 0 fully saturated rings. The van der Waals surface area contributed by atoms with Crippen LogP contribution in [0.3, 0.4) is 0 Å². The number of nitrogens with zero attached hydrogens (tertiary/aromatic N) is 1. The van der Waals surface area contributed by atoms with Gasteiger partial charge in [0.1, 0.15) is 0 Å². The minimum Gasteiger partial charge on any atom is -0.256 e. The van der Waals surface area contributed by atoms with Gasteiger partial charge in [-0.2, -0.15) is 0 Å². The average Bonchev–Trinajstić information content (AvgIpc) is 3.07. The molecule has 0 saturated heterocycles. The molecule has 0 aliphatic heterocycles. The van der Waals surface area contributed by atoms with Crippen molar-refractivity contribution in [1.82, 2.24) is 4.98 Å². The summed E-state index contributed by atoms with van der Waals surface area (Å²) in [5, 5.41) is 2.63. The van der Waals surface area contributed by atoms with E-state index in [0.29, 0.717) is 0 Å². The smallest absolute Gasteiger partial charge is 0.0716 e. The molecular formula is C24H17NS. The van der Waals surface area contributed by atoms with E-state index < -0.39 is 0 Å². The van der Waals surface area contributed by atoms with Crippen molar-refractivity contribution in [3.8, 4) is 22.4 Å². The van der Waals surface area contributed by atoms with Crippen LogP contribution in [0.25, 0.3) is 42.6 Å². The number of rotatable bonds is 2. The molecule has 124 valence electrons. The third kappa shape index (κ3) is 2.51. The molecule has 0 unspecified atom stereocenters. The molecule has 26 heavy (non-hydrogen) atoms. The van der Waals surface area contributed by atoms with Crippen molar-refractivity contribution >= 4 is 31.5 Å². The lowest BCUT2D eigenvalue weighted by Crippen LogP contribution is -1.81. The van der Waals surface area contributed by atoms with E-state index >= 15 is 0 Å². The summed E-state index contributed by atoms with van der Waals surface area (Å²) in [6.07, 6.45) is 1.86. The Morgan fingerprint density at radius 3 is 2.38 bits per heavy atom. The van der Waals surface area contributed by atoms with E-state index in [4.69, 9.17) is 0 Å². The summed E-state index contributed by atoms with van der Waals surface area (Å²) in [6, 6.07) is 28.1. The van der Waals surface area contributed by atoms with Gasteiger partial charge in [0.2, 0.25) is 0 Å². The summed E-state index contributed by atoms with van der Waals surface area (Å²) >= 11 is 1.86. The zero-order valence-corrected chi connectivity index (χ0v) is 15.3. The standard InChI is InChI=1S/C24H17NS/c1-16-8-10-17(11-9-16)18-12-13-19-20-5-4-6-21(22-7-2-3-14-25-22)24(20)26-23(19)15-18/h2-15H,1H3. The Morgan fingerprint density at radius 2 is 1.58 bits per heavy atom. The van der Waals surface area contributed by atoms with Crippen molar-refractivity contribution in [2.75, 3.05) is 0 Å². The Kier molecular flexibility index (Phi) is 3.58. The van der Waals surface area contributed by atoms with E-state index in [2.05, 4.69) is 78.6 Å². The molecule has 2 aromatic heterocycles. The second-order valence-electron chi connectivity index (χ2n) is 6.58. The van der Waals surface area contributed by atoms with E-state index in [9.17, 15) is 0 Å². The van der Waals surface area contributed by atoms with Crippen LogP contribution in [-0.4, -0.2) is 4.98 Å². The zero-order chi connectivity index (χ0) is 17.5. The third-order valence-corrected chi connectivity index (χ3v) is 6.03. The fraction of sp³-hybridized carbons (Fsp3) is 0.0417. The molecule has 3 aromatic carbocycles. The fourth-order valence-electron chi connectivity index (χ4n) is 3.45. The summed E-state index contributed by atoms with van der Waals surface area (Å²) in [7, 11) is 0. The van der Waals surface area contributed by atoms with E-state index in [-0.39, 0.29) is 0 Å². The number of fused-ring (bicyclic) bond motifs is 3. The minimum atomic E-state index is 1.03. The van der Waals surface area contributed by atoms with Crippen molar-refractivity contribution in [3.05, 3.63) is 90.6 Å². The quantitative estimate of drug-likeness (QED) is 0.331. The van der Waals surface area contributed by atoms with Crippen LogP contribution < -0.4 is 0 Å². The van der Waals surface area contributed by atoms with Crippen molar-refractivity contribution in [2.24, 2.45) is 0 Å². The molecule has 2 heteroatoms. The predicted octanol–water partition coefficient (Wildman–Crippen LogP) is 7.09. The maximum absolute atomic E-state index is 4.55. The lowest BCUT2D eigenvalue weighted by molar-refractivity contribution is 1.33. The molecule has 1 nitrogen and oxygen atoms in total. The molecule has 0 amide bonds. The lowest BCUT2D eigenvalue weighted by Gasteiger charge is -2.03. The van der Waals surface area contributed by atoms with Gasteiger partial charge in [0.25, 0.3) is 0 Å². The Balaban J connectivity index is 1.73. The third-order valence-electron chi connectivity index (χ3n) is 4.82. The van der Waals surface area contributed by atoms with E-state index in [1.165, 1.54) is 42.4 Å². The Labute approximate surface area is 156 Å². The molecule has 0 radical (unpaired) electrons. The summed E-state index contributed by atoms with van der Waals surface area (Å²) in [6.45, 7) is 2.12. The van der Waals surface area contributed by atoms with Gasteiger partial charge in [0, 0.05) is 31.9 Å². The largest absolute Gasteiger partial charge is 0.256 e. The summed E-state index contributed by atoms with van der Waals surface area (Å²) in [4.78, 5) is 4.55. The maximum Gasteiger partial charge on any atom is 0.0716 e. The van der Waals surface area contributed by atoms with Crippen LogP contribution in [-0.2, 0) is 0 Å². The van der Waals surface area contributed by atoms with E-state index in [1.807, 2.05) is 29.7 Å². The molecule has 0 saturated carbocycles. The van der Waals surface area contributed by atoms with Crippen molar-refractivity contribution < 1.29 is 0 Å². The van der Waals surface area contributed by atoms with Crippen LogP contribution in [0.1, 0.15) is 5.56 Å². The first kappa shape index (κ1) is 15.3. The maximum atomic E-state index is 4.55. The second kappa shape index (κ2) is 6.08. The van der Waals surface area contributed by atoms with Gasteiger partial charge in [-0.05, 0) is 36.2 Å². The highest BCUT2D eigenvalue weighted by Crippen LogP contribution is 2.40. The predicted molar refractivity (Wildman–Crippen MR) is 113 cm³/mol. The average molecular weight is 351 g/mol. The number of benzene rings is 3. The van der Waals surface area contributed by atoms with Crippen molar-refractivity contribution in [2.45, 2.75) is 6.92 Å². The SMILES string of the molecule is Cc1ccc(-c2ccc3c(c2)sc2c(-c4ccccn4)cccc23)cc1. The number of thiophene rings is 1. The Bertz CT molecular complexity index is 1220. The Hall–Kier alpha value is -2.97. The number of aryl methyl sites for hydroxylation is 1. The Morgan fingerprint density at radius 1 is 0.731 bits per heavy atom. The van der Waals surface area contributed by atoms with Crippen LogP contribution in [0.2, 0.25) is 0 Å². The molecule has 0 aliphatic rings. The van der Waals surface area contributed by atoms with Crippen LogP contribution >= 0.6 is 11.3 Å². The second-order valence-corrected chi connectivity index (χ2v) is 7.63. The van der Waals surface area contributed by atoms with Gasteiger partial charge in [0.15, 0.2) is 0 Å². The normalized spacial score (nSPS) is 11.3. The van der Waals surface area contributed by atoms with E-state index in [0.717, 1.165) is 5.69 Å². The van der Waals surface area contributed by atoms with Crippen molar-refractivity contribution in [1.29, 1.82) is 0 Å². The number of pyridine rings is 1. The van der Waals surface area contributed by atoms with Crippen LogP contribution in [0.5, 0.6) is 0 Å². The molecule has 0 bridgehead atoms. The van der Waals surface area contributed by atoms with Crippen LogP contribution in [0.15, 0.2) is 85.1 Å². The molecule has 0 atom stereocenters. The number of aromatic nitrogens is 1. The highest BCUT2D eigenvalue weighted by molar-refractivity contribution is 7.26. The van der Waals surface area contributed by atoms with Gasteiger partial charge in [-0.1, -0.05) is 66.2 Å². The first-order chi connectivity index (χ1) is 12.8. The van der Waals surface area contributed by atoms with Crippen LogP contribution in [0.4, 0.5) is 0 Å². The van der Waals surface area contributed by atoms with Gasteiger partial charge in [-0.15, -0.1) is 11.3 Å². The topological polar surface area (TPSA) is 12.9 Å². The van der Waals surface area contributed by atoms with Gasteiger partial charge >= 0.3 is 0 Å². The van der Waals surface area contributed by atoms with Crippen LogP contribution in [0, 0.1) is 6.92 Å². The molecular weight excluding hydrogens is 334 g/mol. The highest BCUT2D eigenvalue weighted by atomic mass is 32.1. The summed E-state index contributed by atoms with van der Waals surface area (Å²) in [5.41, 5.74) is 6.06. The molecule has 0 spiro atoms.